The van der Waals surface area contributed by atoms with Gasteiger partial charge in [0.05, 0.1) is 11.7 Å². The van der Waals surface area contributed by atoms with Crippen LogP contribution in [0.25, 0.3) is 0 Å². The van der Waals surface area contributed by atoms with Crippen molar-refractivity contribution < 1.29 is 4.39 Å². The first-order valence-corrected chi connectivity index (χ1v) is 9.18. The SMILES string of the molecule is CCc1nn(C)c(CC)c1CNC(=NC)NC(C)c1ccc(C)c(F)c1. The zero-order valence-electron chi connectivity index (χ0n) is 16.7. The number of aliphatic imine (C=N–C) groups is 1. The first kappa shape index (κ1) is 19.9. The summed E-state index contributed by atoms with van der Waals surface area (Å²) in [7, 11) is 3.73. The number of hydrogen-bond acceptors (Lipinski definition) is 2. The van der Waals surface area contributed by atoms with Gasteiger partial charge in [-0.3, -0.25) is 9.67 Å². The van der Waals surface area contributed by atoms with E-state index in [0.717, 1.165) is 24.1 Å². The maximum absolute atomic E-state index is 13.8. The van der Waals surface area contributed by atoms with Gasteiger partial charge in [-0.05, 0) is 43.9 Å². The maximum Gasteiger partial charge on any atom is 0.191 e. The highest BCUT2D eigenvalue weighted by Crippen LogP contribution is 2.17. The van der Waals surface area contributed by atoms with Crippen LogP contribution in [0.2, 0.25) is 0 Å². The van der Waals surface area contributed by atoms with E-state index in [1.807, 2.05) is 24.7 Å². The van der Waals surface area contributed by atoms with E-state index in [2.05, 4.69) is 34.6 Å². The average Bonchev–Trinajstić information content (AvgIpc) is 2.95. The summed E-state index contributed by atoms with van der Waals surface area (Å²) in [4.78, 5) is 4.30. The standard InChI is InChI=1S/C20H30FN5/c1-7-18-16(19(8-2)26(6)25-18)12-23-20(22-5)24-14(4)15-10-9-13(3)17(21)11-15/h9-11,14H,7-8,12H2,1-6H3,(H2,22,23,24). The lowest BCUT2D eigenvalue weighted by atomic mass is 10.1. The summed E-state index contributed by atoms with van der Waals surface area (Å²) in [5.41, 5.74) is 5.12. The summed E-state index contributed by atoms with van der Waals surface area (Å²) in [6.07, 6.45) is 1.83. The minimum Gasteiger partial charge on any atom is -0.352 e. The molecule has 26 heavy (non-hydrogen) atoms. The van der Waals surface area contributed by atoms with Crippen molar-refractivity contribution in [3.63, 3.8) is 0 Å². The number of aromatic nitrogens is 2. The molecule has 0 aliphatic carbocycles. The van der Waals surface area contributed by atoms with Crippen molar-refractivity contribution in [3.05, 3.63) is 52.1 Å². The van der Waals surface area contributed by atoms with Gasteiger partial charge in [-0.2, -0.15) is 5.10 Å². The van der Waals surface area contributed by atoms with Crippen LogP contribution in [-0.4, -0.2) is 22.8 Å². The Hall–Kier alpha value is -2.37. The zero-order chi connectivity index (χ0) is 19.3. The van der Waals surface area contributed by atoms with E-state index in [1.54, 1.807) is 26.1 Å². The van der Waals surface area contributed by atoms with Crippen LogP contribution >= 0.6 is 0 Å². The number of guanidine groups is 1. The molecule has 0 bridgehead atoms. The van der Waals surface area contributed by atoms with E-state index in [9.17, 15) is 4.39 Å². The van der Waals surface area contributed by atoms with Gasteiger partial charge in [-0.25, -0.2) is 4.39 Å². The molecule has 0 saturated heterocycles. The van der Waals surface area contributed by atoms with Crippen molar-refractivity contribution in [2.75, 3.05) is 7.05 Å². The summed E-state index contributed by atoms with van der Waals surface area (Å²) in [6, 6.07) is 5.26. The fourth-order valence-corrected chi connectivity index (χ4v) is 3.13. The molecule has 2 rings (SSSR count). The Morgan fingerprint density at radius 2 is 2.04 bits per heavy atom. The average molecular weight is 359 g/mol. The van der Waals surface area contributed by atoms with Gasteiger partial charge >= 0.3 is 0 Å². The third-order valence-corrected chi connectivity index (χ3v) is 4.73. The molecule has 1 heterocycles. The summed E-state index contributed by atoms with van der Waals surface area (Å²) >= 11 is 0. The van der Waals surface area contributed by atoms with E-state index in [1.165, 1.54) is 11.3 Å². The quantitative estimate of drug-likeness (QED) is 0.614. The van der Waals surface area contributed by atoms with Crippen molar-refractivity contribution in [3.8, 4) is 0 Å². The third kappa shape index (κ3) is 4.42. The fraction of sp³-hybridized carbons (Fsp3) is 0.500. The normalized spacial score (nSPS) is 13.0. The first-order chi connectivity index (χ1) is 12.4. The molecular formula is C20H30FN5. The van der Waals surface area contributed by atoms with Gasteiger partial charge in [0.25, 0.3) is 0 Å². The number of aryl methyl sites for hydroxylation is 3. The number of hydrogen-bond donors (Lipinski definition) is 2. The Balaban J connectivity index is 2.07. The Labute approximate surface area is 155 Å². The molecule has 1 aromatic carbocycles. The molecule has 0 radical (unpaired) electrons. The second kappa shape index (κ2) is 8.83. The highest BCUT2D eigenvalue weighted by molar-refractivity contribution is 5.80. The summed E-state index contributed by atoms with van der Waals surface area (Å²) in [6.45, 7) is 8.68. The predicted octanol–water partition coefficient (Wildman–Crippen LogP) is 3.42. The van der Waals surface area contributed by atoms with Gasteiger partial charge in [0.1, 0.15) is 5.82 Å². The number of halogens is 1. The lowest BCUT2D eigenvalue weighted by Gasteiger charge is -2.19. The second-order valence-electron chi connectivity index (χ2n) is 6.50. The van der Waals surface area contributed by atoms with Gasteiger partial charge in [0.15, 0.2) is 5.96 Å². The molecule has 0 saturated carbocycles. The number of rotatable bonds is 6. The van der Waals surface area contributed by atoms with Gasteiger partial charge in [-0.15, -0.1) is 0 Å². The molecule has 0 amide bonds. The lowest BCUT2D eigenvalue weighted by Crippen LogP contribution is -2.38. The molecule has 2 aromatic rings. The first-order valence-electron chi connectivity index (χ1n) is 9.18. The molecule has 142 valence electrons. The van der Waals surface area contributed by atoms with Gasteiger partial charge in [0.2, 0.25) is 0 Å². The maximum atomic E-state index is 13.8. The van der Waals surface area contributed by atoms with E-state index in [4.69, 9.17) is 0 Å². The van der Waals surface area contributed by atoms with Crippen LogP contribution in [0.5, 0.6) is 0 Å². The summed E-state index contributed by atoms with van der Waals surface area (Å²) in [5.74, 6) is 0.501. The van der Waals surface area contributed by atoms with E-state index in [-0.39, 0.29) is 11.9 Å². The molecule has 0 fully saturated rings. The van der Waals surface area contributed by atoms with Crippen LogP contribution in [0.4, 0.5) is 4.39 Å². The van der Waals surface area contributed by atoms with Gasteiger partial charge in [0, 0.05) is 31.9 Å². The van der Waals surface area contributed by atoms with Crippen LogP contribution in [0.15, 0.2) is 23.2 Å². The van der Waals surface area contributed by atoms with E-state index in [0.29, 0.717) is 18.1 Å². The third-order valence-electron chi connectivity index (χ3n) is 4.73. The number of benzene rings is 1. The van der Waals surface area contributed by atoms with Crippen molar-refractivity contribution in [1.82, 2.24) is 20.4 Å². The Bertz CT molecular complexity index is 779. The molecule has 2 N–H and O–H groups in total. The Morgan fingerprint density at radius 1 is 1.31 bits per heavy atom. The Morgan fingerprint density at radius 3 is 2.62 bits per heavy atom. The van der Waals surface area contributed by atoms with Crippen molar-refractivity contribution in [1.29, 1.82) is 0 Å². The molecule has 0 spiro atoms. The lowest BCUT2D eigenvalue weighted by molar-refractivity contribution is 0.607. The Kier molecular flexibility index (Phi) is 6.77. The number of nitrogens with one attached hydrogen (secondary N) is 2. The van der Waals surface area contributed by atoms with E-state index >= 15 is 0 Å². The van der Waals surface area contributed by atoms with Crippen LogP contribution in [0.1, 0.15) is 54.9 Å². The largest absolute Gasteiger partial charge is 0.352 e. The van der Waals surface area contributed by atoms with Gasteiger partial charge < -0.3 is 10.6 Å². The highest BCUT2D eigenvalue weighted by atomic mass is 19.1. The zero-order valence-corrected chi connectivity index (χ0v) is 16.7. The smallest absolute Gasteiger partial charge is 0.191 e. The van der Waals surface area contributed by atoms with Crippen LogP contribution in [-0.2, 0) is 26.4 Å². The molecule has 1 aromatic heterocycles. The van der Waals surface area contributed by atoms with Crippen molar-refractivity contribution in [2.45, 2.75) is 53.1 Å². The molecule has 6 heteroatoms. The fourth-order valence-electron chi connectivity index (χ4n) is 3.13. The van der Waals surface area contributed by atoms with Gasteiger partial charge in [-0.1, -0.05) is 26.0 Å². The van der Waals surface area contributed by atoms with Crippen LogP contribution in [0.3, 0.4) is 0 Å². The molecule has 1 unspecified atom stereocenters. The minimum atomic E-state index is -0.186. The predicted molar refractivity (Wildman–Crippen MR) is 105 cm³/mol. The molecular weight excluding hydrogens is 329 g/mol. The number of nitrogens with zero attached hydrogens (tertiary/aromatic N) is 3. The molecule has 0 aliphatic rings. The monoisotopic (exact) mass is 359 g/mol. The van der Waals surface area contributed by atoms with Crippen molar-refractivity contribution >= 4 is 5.96 Å². The molecule has 5 nitrogen and oxygen atoms in total. The molecule has 1 atom stereocenters. The van der Waals surface area contributed by atoms with Crippen LogP contribution in [0, 0.1) is 12.7 Å². The summed E-state index contributed by atoms with van der Waals surface area (Å²) in [5, 5.41) is 11.3. The highest BCUT2D eigenvalue weighted by Gasteiger charge is 2.15. The second-order valence-corrected chi connectivity index (χ2v) is 6.50. The minimum absolute atomic E-state index is 0.0542. The van der Waals surface area contributed by atoms with Crippen LogP contribution < -0.4 is 10.6 Å². The van der Waals surface area contributed by atoms with E-state index < -0.39 is 0 Å². The summed E-state index contributed by atoms with van der Waals surface area (Å²) < 4.78 is 15.8. The topological polar surface area (TPSA) is 54.2 Å². The molecule has 0 aliphatic heterocycles. The van der Waals surface area contributed by atoms with Crippen molar-refractivity contribution in [2.24, 2.45) is 12.0 Å².